The molecule has 0 heterocycles. The summed E-state index contributed by atoms with van der Waals surface area (Å²) < 4.78 is 0. The van der Waals surface area contributed by atoms with E-state index in [2.05, 4.69) is 0 Å². The van der Waals surface area contributed by atoms with Gasteiger partial charge in [0.1, 0.15) is 0 Å². The van der Waals surface area contributed by atoms with Crippen LogP contribution in [0.2, 0.25) is 0 Å². The molecular weight excluding hydrogens is 192 g/mol. The lowest BCUT2D eigenvalue weighted by Gasteiger charge is -2.20. The molecule has 1 rings (SSSR count). The standard InChI is InChI=1S/C12H20OS/c1-10(2)8-11(13)9-14-12-6-4-3-5-7-12/h8,12H,3-7,9H2,1-2H3. The van der Waals surface area contributed by atoms with Crippen LogP contribution in [-0.2, 0) is 4.79 Å². The SMILES string of the molecule is CC(C)=CC(=O)CSC1CCCCC1. The van der Waals surface area contributed by atoms with Crippen LogP contribution in [-0.4, -0.2) is 16.8 Å². The highest BCUT2D eigenvalue weighted by atomic mass is 32.2. The van der Waals surface area contributed by atoms with Gasteiger partial charge < -0.3 is 0 Å². The van der Waals surface area contributed by atoms with Gasteiger partial charge >= 0.3 is 0 Å². The first-order chi connectivity index (χ1) is 6.68. The first-order valence-corrected chi connectivity index (χ1v) is 6.52. The Hall–Kier alpha value is -0.240. The van der Waals surface area contributed by atoms with Crippen LogP contribution in [0.5, 0.6) is 0 Å². The molecule has 0 saturated heterocycles. The van der Waals surface area contributed by atoms with Gasteiger partial charge in [-0.1, -0.05) is 24.8 Å². The summed E-state index contributed by atoms with van der Waals surface area (Å²) >= 11 is 1.85. The zero-order valence-corrected chi connectivity index (χ0v) is 10.0. The van der Waals surface area contributed by atoms with Crippen molar-refractivity contribution < 1.29 is 4.79 Å². The summed E-state index contributed by atoms with van der Waals surface area (Å²) in [5.74, 6) is 0.955. The topological polar surface area (TPSA) is 17.1 Å². The van der Waals surface area contributed by atoms with Gasteiger partial charge in [-0.2, -0.15) is 11.8 Å². The molecule has 0 aliphatic heterocycles. The van der Waals surface area contributed by atoms with Crippen molar-refractivity contribution in [2.45, 2.75) is 51.2 Å². The summed E-state index contributed by atoms with van der Waals surface area (Å²) in [6, 6.07) is 0. The van der Waals surface area contributed by atoms with Gasteiger partial charge in [0, 0.05) is 5.25 Å². The number of hydrogen-bond donors (Lipinski definition) is 0. The monoisotopic (exact) mass is 212 g/mol. The molecular formula is C12H20OS. The second-order valence-electron chi connectivity index (χ2n) is 4.26. The fraction of sp³-hybridized carbons (Fsp3) is 0.750. The molecule has 80 valence electrons. The Labute approximate surface area is 91.3 Å². The van der Waals surface area contributed by atoms with Gasteiger partial charge in [0.2, 0.25) is 0 Å². The van der Waals surface area contributed by atoms with Crippen molar-refractivity contribution in [3.8, 4) is 0 Å². The highest BCUT2D eigenvalue weighted by Gasteiger charge is 2.14. The number of carbonyl (C=O) groups is 1. The van der Waals surface area contributed by atoms with Gasteiger partial charge in [-0.25, -0.2) is 0 Å². The van der Waals surface area contributed by atoms with E-state index in [1.165, 1.54) is 32.1 Å². The third-order valence-electron chi connectivity index (χ3n) is 2.46. The van der Waals surface area contributed by atoms with Crippen LogP contribution in [0.4, 0.5) is 0 Å². The van der Waals surface area contributed by atoms with Crippen LogP contribution in [0.3, 0.4) is 0 Å². The zero-order chi connectivity index (χ0) is 10.4. The molecule has 0 amide bonds. The Morgan fingerprint density at radius 3 is 2.50 bits per heavy atom. The van der Waals surface area contributed by atoms with E-state index in [-0.39, 0.29) is 5.78 Å². The van der Waals surface area contributed by atoms with Crippen molar-refractivity contribution in [2.24, 2.45) is 0 Å². The number of allylic oxidation sites excluding steroid dienone is 2. The Morgan fingerprint density at radius 2 is 1.93 bits per heavy atom. The van der Waals surface area contributed by atoms with Crippen molar-refractivity contribution in [3.63, 3.8) is 0 Å². The first kappa shape index (κ1) is 11.8. The summed E-state index contributed by atoms with van der Waals surface area (Å²) in [6.07, 6.45) is 8.48. The summed E-state index contributed by atoms with van der Waals surface area (Å²) in [5.41, 5.74) is 1.11. The lowest BCUT2D eigenvalue weighted by atomic mass is 10.0. The summed E-state index contributed by atoms with van der Waals surface area (Å²) in [5, 5.41) is 0.748. The van der Waals surface area contributed by atoms with Crippen LogP contribution in [0.15, 0.2) is 11.6 Å². The molecule has 0 radical (unpaired) electrons. The smallest absolute Gasteiger partial charge is 0.165 e. The Morgan fingerprint density at radius 1 is 1.29 bits per heavy atom. The maximum Gasteiger partial charge on any atom is 0.165 e. The maximum atomic E-state index is 11.4. The number of ketones is 1. The summed E-state index contributed by atoms with van der Waals surface area (Å²) in [7, 11) is 0. The predicted molar refractivity (Wildman–Crippen MR) is 63.8 cm³/mol. The minimum atomic E-state index is 0.278. The van der Waals surface area contributed by atoms with Crippen molar-refractivity contribution in [1.29, 1.82) is 0 Å². The largest absolute Gasteiger partial charge is 0.294 e. The van der Waals surface area contributed by atoms with Gasteiger partial charge in [0.25, 0.3) is 0 Å². The third-order valence-corrected chi connectivity index (χ3v) is 3.86. The normalized spacial score (nSPS) is 17.9. The number of carbonyl (C=O) groups excluding carboxylic acids is 1. The summed E-state index contributed by atoms with van der Waals surface area (Å²) in [6.45, 7) is 3.95. The van der Waals surface area contributed by atoms with E-state index in [1.54, 1.807) is 6.08 Å². The van der Waals surface area contributed by atoms with E-state index in [0.717, 1.165) is 10.8 Å². The van der Waals surface area contributed by atoms with Crippen molar-refractivity contribution in [1.82, 2.24) is 0 Å². The third kappa shape index (κ3) is 4.85. The van der Waals surface area contributed by atoms with Gasteiger partial charge in [0.05, 0.1) is 5.75 Å². The minimum Gasteiger partial charge on any atom is -0.294 e. The van der Waals surface area contributed by atoms with Crippen molar-refractivity contribution in [3.05, 3.63) is 11.6 Å². The molecule has 1 aliphatic rings. The molecule has 0 aromatic heterocycles. The number of hydrogen-bond acceptors (Lipinski definition) is 2. The van der Waals surface area contributed by atoms with E-state index >= 15 is 0 Å². The van der Waals surface area contributed by atoms with E-state index in [1.807, 2.05) is 25.6 Å². The zero-order valence-electron chi connectivity index (χ0n) is 9.21. The molecule has 0 N–H and O–H groups in total. The fourth-order valence-corrected chi connectivity index (χ4v) is 2.95. The van der Waals surface area contributed by atoms with Gasteiger partial charge in [-0.15, -0.1) is 0 Å². The first-order valence-electron chi connectivity index (χ1n) is 5.48. The average molecular weight is 212 g/mol. The van der Waals surface area contributed by atoms with Gasteiger partial charge in [0.15, 0.2) is 5.78 Å². The number of rotatable bonds is 4. The Bertz CT molecular complexity index is 210. The molecule has 14 heavy (non-hydrogen) atoms. The quantitative estimate of drug-likeness (QED) is 0.662. The van der Waals surface area contributed by atoms with E-state index in [9.17, 15) is 4.79 Å². The van der Waals surface area contributed by atoms with Crippen LogP contribution in [0.1, 0.15) is 46.0 Å². The lowest BCUT2D eigenvalue weighted by molar-refractivity contribution is -0.112. The second kappa shape index (κ2) is 6.28. The highest BCUT2D eigenvalue weighted by Crippen LogP contribution is 2.28. The molecule has 1 fully saturated rings. The fourth-order valence-electron chi connectivity index (χ4n) is 1.80. The second-order valence-corrected chi connectivity index (χ2v) is 5.55. The predicted octanol–water partition coefficient (Wildman–Crippen LogP) is 3.59. The molecule has 0 unspecified atom stereocenters. The van der Waals surface area contributed by atoms with E-state index < -0.39 is 0 Å². The Balaban J connectivity index is 2.19. The van der Waals surface area contributed by atoms with Crippen LogP contribution < -0.4 is 0 Å². The number of thioether (sulfide) groups is 1. The van der Waals surface area contributed by atoms with E-state index in [0.29, 0.717) is 5.75 Å². The Kier molecular flexibility index (Phi) is 5.31. The van der Waals surface area contributed by atoms with Crippen LogP contribution >= 0.6 is 11.8 Å². The molecule has 0 spiro atoms. The van der Waals surface area contributed by atoms with Crippen LogP contribution in [0.25, 0.3) is 0 Å². The molecule has 1 saturated carbocycles. The molecule has 0 bridgehead atoms. The van der Waals surface area contributed by atoms with Gasteiger partial charge in [-0.3, -0.25) is 4.79 Å². The average Bonchev–Trinajstić information content (AvgIpc) is 2.15. The van der Waals surface area contributed by atoms with Crippen LogP contribution in [0, 0.1) is 0 Å². The molecule has 1 nitrogen and oxygen atoms in total. The van der Waals surface area contributed by atoms with Crippen molar-refractivity contribution in [2.75, 3.05) is 5.75 Å². The molecule has 0 aromatic rings. The van der Waals surface area contributed by atoms with Crippen molar-refractivity contribution >= 4 is 17.5 Å². The lowest BCUT2D eigenvalue weighted by Crippen LogP contribution is -2.11. The maximum absolute atomic E-state index is 11.4. The summed E-state index contributed by atoms with van der Waals surface area (Å²) in [4.78, 5) is 11.4. The minimum absolute atomic E-state index is 0.278. The highest BCUT2D eigenvalue weighted by molar-refractivity contribution is 8.00. The molecule has 0 aromatic carbocycles. The molecule has 2 heteroatoms. The molecule has 1 aliphatic carbocycles. The van der Waals surface area contributed by atoms with E-state index in [4.69, 9.17) is 0 Å². The van der Waals surface area contributed by atoms with Gasteiger partial charge in [-0.05, 0) is 32.8 Å². The molecule has 0 atom stereocenters.